The van der Waals surface area contributed by atoms with Crippen molar-refractivity contribution in [2.24, 2.45) is 5.73 Å². The van der Waals surface area contributed by atoms with E-state index in [0.29, 0.717) is 5.56 Å². The van der Waals surface area contributed by atoms with Crippen LogP contribution in [0.2, 0.25) is 0 Å². The van der Waals surface area contributed by atoms with Gasteiger partial charge >= 0.3 is 5.97 Å². The van der Waals surface area contributed by atoms with Gasteiger partial charge < -0.3 is 16.2 Å². The Hall–Kier alpha value is -2.17. The van der Waals surface area contributed by atoms with Crippen LogP contribution in [-0.2, 0) is 17.9 Å². The quantitative estimate of drug-likeness (QED) is 0.751. The average molecular weight is 270 g/mol. The van der Waals surface area contributed by atoms with E-state index >= 15 is 0 Å². The van der Waals surface area contributed by atoms with Crippen LogP contribution < -0.4 is 11.1 Å². The molecule has 2 aromatic carbocycles. The molecule has 0 bridgehead atoms. The molecular formula is C16H18N2O2. The molecule has 1 atom stereocenters. The minimum Gasteiger partial charge on any atom is -0.480 e. The Labute approximate surface area is 118 Å². The van der Waals surface area contributed by atoms with Crippen LogP contribution in [0.15, 0.2) is 54.6 Å². The average Bonchev–Trinajstić information content (AvgIpc) is 2.48. The van der Waals surface area contributed by atoms with Crippen LogP contribution in [-0.4, -0.2) is 11.1 Å². The molecule has 4 N–H and O–H groups in total. The summed E-state index contributed by atoms with van der Waals surface area (Å²) in [6.45, 7) is 1.54. The number of rotatable bonds is 6. The largest absolute Gasteiger partial charge is 0.480 e. The molecule has 0 spiro atoms. The second-order valence-electron chi connectivity index (χ2n) is 4.65. The third kappa shape index (κ3) is 3.91. The molecular weight excluding hydrogens is 252 g/mol. The van der Waals surface area contributed by atoms with Crippen molar-refractivity contribution >= 4 is 5.97 Å². The van der Waals surface area contributed by atoms with E-state index in [9.17, 15) is 4.79 Å². The first-order valence-electron chi connectivity index (χ1n) is 6.48. The summed E-state index contributed by atoms with van der Waals surface area (Å²) in [7, 11) is 0. The minimum atomic E-state index is -1.01. The molecule has 20 heavy (non-hydrogen) atoms. The van der Waals surface area contributed by atoms with Crippen molar-refractivity contribution in [1.29, 1.82) is 0 Å². The van der Waals surface area contributed by atoms with Crippen LogP contribution in [0.5, 0.6) is 0 Å². The van der Waals surface area contributed by atoms with Crippen molar-refractivity contribution < 1.29 is 9.90 Å². The number of carboxylic acid groups (broad SMARTS) is 1. The normalized spacial score (nSPS) is 12.1. The third-order valence-corrected chi connectivity index (χ3v) is 3.11. The Bertz CT molecular complexity index is 552. The van der Waals surface area contributed by atoms with Gasteiger partial charge in [0.05, 0.1) is 0 Å². The van der Waals surface area contributed by atoms with Crippen LogP contribution in [0.25, 0.3) is 0 Å². The van der Waals surface area contributed by atoms with Gasteiger partial charge in [0.2, 0.25) is 0 Å². The Balaban J connectivity index is 1.86. The lowest BCUT2D eigenvalue weighted by Gasteiger charge is -2.09. The number of nitrogens with two attached hydrogens (primary N) is 1. The fourth-order valence-corrected chi connectivity index (χ4v) is 1.93. The second kappa shape index (κ2) is 6.84. The molecule has 0 heterocycles. The van der Waals surface area contributed by atoms with E-state index in [1.54, 1.807) is 12.1 Å². The topological polar surface area (TPSA) is 75.4 Å². The Kier molecular flexibility index (Phi) is 4.87. The molecule has 0 aliphatic carbocycles. The van der Waals surface area contributed by atoms with Gasteiger partial charge in [-0.3, -0.25) is 4.79 Å². The summed E-state index contributed by atoms with van der Waals surface area (Å²) in [6.07, 6.45) is 0. The van der Waals surface area contributed by atoms with Crippen LogP contribution in [0, 0.1) is 0 Å². The molecule has 2 rings (SSSR count). The number of carboxylic acids is 1. The van der Waals surface area contributed by atoms with Crippen LogP contribution >= 0.6 is 0 Å². The van der Waals surface area contributed by atoms with E-state index in [1.165, 1.54) is 5.56 Å². The summed E-state index contributed by atoms with van der Waals surface area (Å²) >= 11 is 0. The fourth-order valence-electron chi connectivity index (χ4n) is 1.93. The van der Waals surface area contributed by atoms with Gasteiger partial charge in [0.25, 0.3) is 0 Å². The molecule has 0 saturated heterocycles. The van der Waals surface area contributed by atoms with Crippen LogP contribution in [0.1, 0.15) is 22.7 Å². The summed E-state index contributed by atoms with van der Waals surface area (Å²) < 4.78 is 0. The maximum atomic E-state index is 10.8. The summed E-state index contributed by atoms with van der Waals surface area (Å²) in [5.74, 6) is -1.01. The maximum Gasteiger partial charge on any atom is 0.325 e. The van der Waals surface area contributed by atoms with Gasteiger partial charge in [0, 0.05) is 13.1 Å². The molecule has 0 aromatic heterocycles. The number of carbonyl (C=O) groups is 1. The number of nitrogens with one attached hydrogen (secondary N) is 1. The highest BCUT2D eigenvalue weighted by Gasteiger charge is 2.13. The van der Waals surface area contributed by atoms with Gasteiger partial charge in [0.15, 0.2) is 0 Å². The molecule has 1 unspecified atom stereocenters. The van der Waals surface area contributed by atoms with E-state index in [2.05, 4.69) is 17.4 Å². The first-order valence-corrected chi connectivity index (χ1v) is 6.48. The van der Waals surface area contributed by atoms with Gasteiger partial charge in [0.1, 0.15) is 6.04 Å². The first-order chi connectivity index (χ1) is 9.66. The smallest absolute Gasteiger partial charge is 0.325 e. The van der Waals surface area contributed by atoms with E-state index < -0.39 is 12.0 Å². The highest BCUT2D eigenvalue weighted by atomic mass is 16.4. The zero-order valence-electron chi connectivity index (χ0n) is 11.1. The van der Waals surface area contributed by atoms with Crippen molar-refractivity contribution in [2.45, 2.75) is 19.1 Å². The minimum absolute atomic E-state index is 0.615. The number of aliphatic carboxylic acids is 1. The summed E-state index contributed by atoms with van der Waals surface area (Å²) in [6, 6.07) is 16.5. The zero-order chi connectivity index (χ0) is 14.4. The highest BCUT2D eigenvalue weighted by Crippen LogP contribution is 2.12. The Morgan fingerprint density at radius 2 is 1.55 bits per heavy atom. The Morgan fingerprint density at radius 1 is 1.00 bits per heavy atom. The number of hydrogen-bond acceptors (Lipinski definition) is 3. The van der Waals surface area contributed by atoms with E-state index in [-0.39, 0.29) is 0 Å². The molecule has 0 fully saturated rings. The molecule has 2 aromatic rings. The van der Waals surface area contributed by atoms with Gasteiger partial charge in [-0.15, -0.1) is 0 Å². The van der Waals surface area contributed by atoms with E-state index in [4.69, 9.17) is 10.8 Å². The van der Waals surface area contributed by atoms with Gasteiger partial charge in [-0.25, -0.2) is 0 Å². The molecule has 4 nitrogen and oxygen atoms in total. The number of hydrogen-bond donors (Lipinski definition) is 3. The van der Waals surface area contributed by atoms with Gasteiger partial charge in [-0.05, 0) is 16.7 Å². The SMILES string of the molecule is NC(C(=O)O)c1ccc(CNCc2ccccc2)cc1. The Morgan fingerprint density at radius 3 is 2.10 bits per heavy atom. The van der Waals surface area contributed by atoms with Crippen LogP contribution in [0.4, 0.5) is 0 Å². The van der Waals surface area contributed by atoms with Crippen molar-refractivity contribution in [3.8, 4) is 0 Å². The lowest BCUT2D eigenvalue weighted by molar-refractivity contribution is -0.138. The highest BCUT2D eigenvalue weighted by molar-refractivity contribution is 5.75. The van der Waals surface area contributed by atoms with Gasteiger partial charge in [-0.2, -0.15) is 0 Å². The van der Waals surface area contributed by atoms with Crippen molar-refractivity contribution in [1.82, 2.24) is 5.32 Å². The summed E-state index contributed by atoms with van der Waals surface area (Å²) in [5.41, 5.74) is 8.50. The molecule has 0 aliphatic rings. The predicted molar refractivity (Wildman–Crippen MR) is 78.0 cm³/mol. The second-order valence-corrected chi connectivity index (χ2v) is 4.65. The van der Waals surface area contributed by atoms with Crippen LogP contribution in [0.3, 0.4) is 0 Å². The molecule has 0 saturated carbocycles. The molecule has 104 valence electrons. The zero-order valence-corrected chi connectivity index (χ0v) is 11.1. The molecule has 0 aliphatic heterocycles. The van der Waals surface area contributed by atoms with Crippen molar-refractivity contribution in [3.05, 3.63) is 71.3 Å². The van der Waals surface area contributed by atoms with Crippen molar-refractivity contribution in [3.63, 3.8) is 0 Å². The monoisotopic (exact) mass is 270 g/mol. The van der Waals surface area contributed by atoms with Gasteiger partial charge in [-0.1, -0.05) is 54.6 Å². The van der Waals surface area contributed by atoms with E-state index in [0.717, 1.165) is 18.7 Å². The van der Waals surface area contributed by atoms with Crippen molar-refractivity contribution in [2.75, 3.05) is 0 Å². The lowest BCUT2D eigenvalue weighted by Crippen LogP contribution is -2.20. The molecule has 0 radical (unpaired) electrons. The third-order valence-electron chi connectivity index (χ3n) is 3.11. The fraction of sp³-hybridized carbons (Fsp3) is 0.188. The summed E-state index contributed by atoms with van der Waals surface area (Å²) in [5, 5.41) is 12.2. The number of benzene rings is 2. The van der Waals surface area contributed by atoms with E-state index in [1.807, 2.05) is 30.3 Å². The standard InChI is InChI=1S/C16H18N2O2/c17-15(16(19)20)14-8-6-13(7-9-14)11-18-10-12-4-2-1-3-5-12/h1-9,15,18H,10-11,17H2,(H,19,20). The summed E-state index contributed by atoms with van der Waals surface area (Å²) in [4.78, 5) is 10.8. The predicted octanol–water partition coefficient (Wildman–Crippen LogP) is 2.06. The maximum absolute atomic E-state index is 10.8. The molecule has 4 heteroatoms. The first kappa shape index (κ1) is 14.2. The molecule has 0 amide bonds. The lowest BCUT2D eigenvalue weighted by atomic mass is 10.1.